The molecule has 1 aromatic carbocycles. The normalized spacial score (nSPS) is 18.3. The Bertz CT molecular complexity index is 981. The number of aromatic nitrogens is 2. The fraction of sp³-hybridized carbons (Fsp3) is 0.560. The predicted octanol–water partition coefficient (Wildman–Crippen LogP) is 4.69. The second kappa shape index (κ2) is 10.5. The van der Waals surface area contributed by atoms with E-state index in [0.29, 0.717) is 36.1 Å². The van der Waals surface area contributed by atoms with E-state index in [2.05, 4.69) is 42.5 Å². The molecule has 2 aromatic rings. The molecule has 1 aliphatic carbocycles. The zero-order valence-electron chi connectivity index (χ0n) is 19.9. The Morgan fingerprint density at radius 3 is 2.62 bits per heavy atom. The van der Waals surface area contributed by atoms with Gasteiger partial charge in [0.05, 0.1) is 12.8 Å². The van der Waals surface area contributed by atoms with Crippen LogP contribution in [-0.4, -0.2) is 35.2 Å². The average Bonchev–Trinajstić information content (AvgIpc) is 3.16. The van der Waals surface area contributed by atoms with Crippen LogP contribution in [0.4, 0.5) is 5.69 Å². The Morgan fingerprint density at radius 2 is 2.03 bits per heavy atom. The summed E-state index contributed by atoms with van der Waals surface area (Å²) in [4.78, 5) is 17.5. The second-order valence-electron chi connectivity index (χ2n) is 9.05. The molecule has 1 heterocycles. The molecule has 1 aliphatic rings. The van der Waals surface area contributed by atoms with E-state index in [4.69, 9.17) is 4.74 Å². The first-order chi connectivity index (χ1) is 15.4. The molecule has 0 radical (unpaired) electrons. The Morgan fingerprint density at radius 1 is 1.31 bits per heavy atom. The van der Waals surface area contributed by atoms with Gasteiger partial charge in [-0.25, -0.2) is 4.98 Å². The van der Waals surface area contributed by atoms with Gasteiger partial charge in [-0.05, 0) is 50.7 Å². The fourth-order valence-electron chi connectivity index (χ4n) is 4.36. The van der Waals surface area contributed by atoms with Gasteiger partial charge < -0.3 is 15.4 Å². The smallest absolute Gasteiger partial charge is 0.272 e. The Kier molecular flexibility index (Phi) is 7.79. The first-order valence-corrected chi connectivity index (χ1v) is 11.6. The van der Waals surface area contributed by atoms with Gasteiger partial charge >= 0.3 is 0 Å². The van der Waals surface area contributed by atoms with Gasteiger partial charge in [0, 0.05) is 30.8 Å². The van der Waals surface area contributed by atoms with Crippen LogP contribution >= 0.6 is 0 Å². The number of nitrogens with one attached hydrogen (secondary N) is 2. The molecule has 0 saturated heterocycles. The highest BCUT2D eigenvalue weighted by Crippen LogP contribution is 2.31. The van der Waals surface area contributed by atoms with Gasteiger partial charge in [0.15, 0.2) is 11.4 Å². The van der Waals surface area contributed by atoms with Gasteiger partial charge in [-0.2, -0.15) is 5.26 Å². The van der Waals surface area contributed by atoms with Crippen LogP contribution in [0.25, 0.3) is 5.69 Å². The lowest BCUT2D eigenvalue weighted by molar-refractivity contribution is 0.0937. The molecular weight excluding hydrogens is 402 g/mol. The maximum absolute atomic E-state index is 13.0. The lowest BCUT2D eigenvalue weighted by atomic mass is 9.83. The lowest BCUT2D eigenvalue weighted by Crippen LogP contribution is -2.31. The summed E-state index contributed by atoms with van der Waals surface area (Å²) in [6.45, 7) is 9.01. The van der Waals surface area contributed by atoms with Gasteiger partial charge in [0.25, 0.3) is 5.91 Å². The van der Waals surface area contributed by atoms with Crippen molar-refractivity contribution in [2.24, 2.45) is 11.8 Å². The Hall–Kier alpha value is -3.01. The van der Waals surface area contributed by atoms with E-state index in [1.54, 1.807) is 11.7 Å². The monoisotopic (exact) mass is 437 g/mol. The molecule has 7 nitrogen and oxygen atoms in total. The highest BCUT2D eigenvalue weighted by Gasteiger charge is 2.26. The van der Waals surface area contributed by atoms with Crippen molar-refractivity contribution < 1.29 is 9.53 Å². The minimum atomic E-state index is -0.286. The van der Waals surface area contributed by atoms with Crippen LogP contribution in [0.5, 0.6) is 5.75 Å². The number of carbonyl (C=O) groups is 1. The number of imidazole rings is 1. The number of amides is 1. The number of nitrogens with zero attached hydrogens (tertiary/aromatic N) is 3. The van der Waals surface area contributed by atoms with Gasteiger partial charge in [-0.15, -0.1) is 0 Å². The summed E-state index contributed by atoms with van der Waals surface area (Å²) in [5.74, 6) is 2.25. The van der Waals surface area contributed by atoms with Crippen LogP contribution in [0.2, 0.25) is 0 Å². The summed E-state index contributed by atoms with van der Waals surface area (Å²) in [5.41, 5.74) is 2.04. The fourth-order valence-corrected chi connectivity index (χ4v) is 4.36. The quantitative estimate of drug-likeness (QED) is 0.625. The molecule has 0 bridgehead atoms. The number of hydrogen-bond acceptors (Lipinski definition) is 5. The molecule has 0 atom stereocenters. The zero-order valence-corrected chi connectivity index (χ0v) is 19.9. The van der Waals surface area contributed by atoms with Crippen molar-refractivity contribution in [3.8, 4) is 17.5 Å². The molecule has 0 unspecified atom stereocenters. The van der Waals surface area contributed by atoms with Crippen LogP contribution in [0, 0.1) is 23.2 Å². The van der Waals surface area contributed by atoms with Crippen molar-refractivity contribution in [2.75, 3.05) is 19.0 Å². The van der Waals surface area contributed by atoms with Gasteiger partial charge in [-0.3, -0.25) is 9.36 Å². The first-order valence-electron chi connectivity index (χ1n) is 11.6. The number of rotatable bonds is 8. The molecule has 32 heavy (non-hydrogen) atoms. The van der Waals surface area contributed by atoms with E-state index in [0.717, 1.165) is 24.4 Å². The number of ether oxygens (including phenoxy) is 1. The molecular formula is C25H35N5O2. The van der Waals surface area contributed by atoms with Crippen LogP contribution in [-0.2, 0) is 6.42 Å². The predicted molar refractivity (Wildman–Crippen MR) is 126 cm³/mol. The molecule has 1 amide bonds. The molecule has 1 fully saturated rings. The van der Waals surface area contributed by atoms with Crippen molar-refractivity contribution in [1.82, 2.24) is 14.9 Å². The maximum atomic E-state index is 13.0. The molecule has 1 saturated carbocycles. The summed E-state index contributed by atoms with van der Waals surface area (Å²) in [6.07, 6.45) is 5.27. The lowest BCUT2D eigenvalue weighted by Gasteiger charge is -2.26. The standard InChI is InChI=1S/C25H35N5O2/c1-6-23-29-24(25(31)27-15-18-9-7-17(4)8-10-18)21(14-26)30(23)20-12-11-19(28-16(2)3)13-22(20)32-5/h11-13,16-18,28H,6-10,15H2,1-5H3,(H,27,31). The first kappa shape index (κ1) is 23.6. The van der Waals surface area contributed by atoms with Gasteiger partial charge in [0.2, 0.25) is 0 Å². The van der Waals surface area contributed by atoms with Crippen molar-refractivity contribution in [2.45, 2.75) is 65.8 Å². The SMILES string of the molecule is CCc1nc(C(=O)NCC2CCC(C)CC2)c(C#N)n1-c1ccc(NC(C)C)cc1OC. The van der Waals surface area contributed by atoms with Crippen molar-refractivity contribution in [1.29, 1.82) is 5.26 Å². The van der Waals surface area contributed by atoms with Crippen LogP contribution in [0.3, 0.4) is 0 Å². The summed E-state index contributed by atoms with van der Waals surface area (Å²) in [7, 11) is 1.60. The second-order valence-corrected chi connectivity index (χ2v) is 9.05. The van der Waals surface area contributed by atoms with Gasteiger partial charge in [0.1, 0.15) is 17.6 Å². The molecule has 0 spiro atoms. The number of hydrogen-bond donors (Lipinski definition) is 2. The number of aryl methyl sites for hydroxylation is 1. The Labute approximate surface area is 191 Å². The Balaban J connectivity index is 1.90. The van der Waals surface area contributed by atoms with E-state index in [9.17, 15) is 10.1 Å². The molecule has 2 N–H and O–H groups in total. The highest BCUT2D eigenvalue weighted by atomic mass is 16.5. The highest BCUT2D eigenvalue weighted by molar-refractivity contribution is 5.94. The molecule has 3 rings (SSSR count). The van der Waals surface area contributed by atoms with Crippen molar-refractivity contribution in [3.05, 3.63) is 35.4 Å². The van der Waals surface area contributed by atoms with Crippen LogP contribution in [0.15, 0.2) is 18.2 Å². The number of nitriles is 1. The minimum Gasteiger partial charge on any atom is -0.494 e. The van der Waals surface area contributed by atoms with Gasteiger partial charge in [-0.1, -0.05) is 26.7 Å². The molecule has 0 aliphatic heterocycles. The summed E-state index contributed by atoms with van der Waals surface area (Å²) >= 11 is 0. The minimum absolute atomic E-state index is 0.181. The molecule has 1 aromatic heterocycles. The molecule has 7 heteroatoms. The number of methoxy groups -OCH3 is 1. The van der Waals surface area contributed by atoms with Crippen LogP contribution in [0.1, 0.15) is 75.4 Å². The van der Waals surface area contributed by atoms with E-state index in [1.165, 1.54) is 12.8 Å². The summed E-state index contributed by atoms with van der Waals surface area (Å²) < 4.78 is 7.37. The van der Waals surface area contributed by atoms with E-state index < -0.39 is 0 Å². The topological polar surface area (TPSA) is 92.0 Å². The van der Waals surface area contributed by atoms with E-state index in [-0.39, 0.29) is 23.3 Å². The average molecular weight is 438 g/mol. The van der Waals surface area contributed by atoms with E-state index in [1.807, 2.05) is 25.1 Å². The zero-order chi connectivity index (χ0) is 23.3. The van der Waals surface area contributed by atoms with Crippen molar-refractivity contribution >= 4 is 11.6 Å². The third-order valence-electron chi connectivity index (χ3n) is 6.15. The number of benzene rings is 1. The molecule has 172 valence electrons. The van der Waals surface area contributed by atoms with E-state index >= 15 is 0 Å². The number of carbonyl (C=O) groups excluding carboxylic acids is 1. The maximum Gasteiger partial charge on any atom is 0.272 e. The van der Waals surface area contributed by atoms with Crippen molar-refractivity contribution in [3.63, 3.8) is 0 Å². The largest absolute Gasteiger partial charge is 0.494 e. The summed E-state index contributed by atoms with van der Waals surface area (Å²) in [5, 5.41) is 16.3. The summed E-state index contributed by atoms with van der Waals surface area (Å²) in [6, 6.07) is 8.24. The van der Waals surface area contributed by atoms with Crippen LogP contribution < -0.4 is 15.4 Å². The number of anilines is 1. The third-order valence-corrected chi connectivity index (χ3v) is 6.15. The third kappa shape index (κ3) is 5.24.